The Balaban J connectivity index is 2.14. The number of allylic oxidation sites excluding steroid dienone is 1. The third-order valence-electron chi connectivity index (χ3n) is 2.69. The van der Waals surface area contributed by atoms with Crippen LogP contribution in [0, 0.1) is 5.82 Å². The largest absolute Gasteiger partial charge is 0.289 e. The van der Waals surface area contributed by atoms with Gasteiger partial charge in [0.15, 0.2) is 5.78 Å². The molecule has 0 saturated heterocycles. The number of hydrogen-bond acceptors (Lipinski definition) is 2. The van der Waals surface area contributed by atoms with Gasteiger partial charge in [0.2, 0.25) is 0 Å². The SMILES string of the molecule is CSc1ccc(C(=O)/C=C\c2ccccc2F)cc1. The fourth-order valence-electron chi connectivity index (χ4n) is 1.63. The van der Waals surface area contributed by atoms with E-state index >= 15 is 0 Å². The average molecular weight is 272 g/mol. The van der Waals surface area contributed by atoms with Crippen LogP contribution in [0.25, 0.3) is 6.08 Å². The van der Waals surface area contributed by atoms with E-state index in [9.17, 15) is 9.18 Å². The Morgan fingerprint density at radius 1 is 1.11 bits per heavy atom. The molecule has 0 saturated carbocycles. The van der Waals surface area contributed by atoms with Crippen molar-refractivity contribution in [3.8, 4) is 0 Å². The van der Waals surface area contributed by atoms with Crippen molar-refractivity contribution in [3.05, 3.63) is 71.6 Å². The first-order valence-electron chi connectivity index (χ1n) is 5.81. The summed E-state index contributed by atoms with van der Waals surface area (Å²) in [5.74, 6) is -0.458. The smallest absolute Gasteiger partial charge is 0.185 e. The number of halogens is 1. The number of benzene rings is 2. The molecule has 0 unspecified atom stereocenters. The van der Waals surface area contributed by atoms with Crippen LogP contribution in [0.2, 0.25) is 0 Å². The molecule has 2 aromatic rings. The highest BCUT2D eigenvalue weighted by molar-refractivity contribution is 7.98. The molecule has 0 fully saturated rings. The van der Waals surface area contributed by atoms with Crippen molar-refractivity contribution in [1.29, 1.82) is 0 Å². The lowest BCUT2D eigenvalue weighted by atomic mass is 10.1. The monoisotopic (exact) mass is 272 g/mol. The van der Waals surface area contributed by atoms with E-state index in [1.807, 2.05) is 18.4 Å². The second-order valence-electron chi connectivity index (χ2n) is 3.95. The third-order valence-corrected chi connectivity index (χ3v) is 3.44. The fraction of sp³-hybridized carbons (Fsp3) is 0.0625. The van der Waals surface area contributed by atoms with Crippen LogP contribution in [-0.4, -0.2) is 12.0 Å². The zero-order valence-electron chi connectivity index (χ0n) is 10.5. The summed E-state index contributed by atoms with van der Waals surface area (Å²) in [5, 5.41) is 0. The van der Waals surface area contributed by atoms with Crippen molar-refractivity contribution in [2.75, 3.05) is 6.26 Å². The molecule has 0 spiro atoms. The molecule has 0 atom stereocenters. The van der Waals surface area contributed by atoms with Gasteiger partial charge in [-0.25, -0.2) is 4.39 Å². The minimum Gasteiger partial charge on any atom is -0.289 e. The maximum absolute atomic E-state index is 13.4. The van der Waals surface area contributed by atoms with Crippen molar-refractivity contribution in [2.45, 2.75) is 4.90 Å². The summed E-state index contributed by atoms with van der Waals surface area (Å²) in [6.07, 6.45) is 4.88. The number of hydrogen-bond donors (Lipinski definition) is 0. The van der Waals surface area contributed by atoms with Crippen molar-refractivity contribution < 1.29 is 9.18 Å². The predicted octanol–water partition coefficient (Wildman–Crippen LogP) is 4.44. The Kier molecular flexibility index (Phi) is 4.53. The van der Waals surface area contributed by atoms with Crippen LogP contribution >= 0.6 is 11.8 Å². The van der Waals surface area contributed by atoms with Gasteiger partial charge < -0.3 is 0 Å². The number of carbonyl (C=O) groups is 1. The summed E-state index contributed by atoms with van der Waals surface area (Å²) in [7, 11) is 0. The van der Waals surface area contributed by atoms with E-state index in [1.165, 1.54) is 18.2 Å². The van der Waals surface area contributed by atoms with Crippen LogP contribution in [0.15, 0.2) is 59.5 Å². The topological polar surface area (TPSA) is 17.1 Å². The van der Waals surface area contributed by atoms with Crippen molar-refractivity contribution in [1.82, 2.24) is 0 Å². The molecule has 0 aromatic heterocycles. The maximum atomic E-state index is 13.4. The average Bonchev–Trinajstić information content (AvgIpc) is 2.46. The Morgan fingerprint density at radius 2 is 1.79 bits per heavy atom. The Bertz CT molecular complexity index is 602. The van der Waals surface area contributed by atoms with Gasteiger partial charge in [-0.15, -0.1) is 11.8 Å². The van der Waals surface area contributed by atoms with Gasteiger partial charge in [0, 0.05) is 16.0 Å². The minimum absolute atomic E-state index is 0.129. The van der Waals surface area contributed by atoms with Crippen LogP contribution in [0.5, 0.6) is 0 Å². The predicted molar refractivity (Wildman–Crippen MR) is 78.0 cm³/mol. The van der Waals surface area contributed by atoms with Gasteiger partial charge in [-0.2, -0.15) is 0 Å². The normalized spacial score (nSPS) is 10.8. The molecule has 2 aromatic carbocycles. The molecule has 96 valence electrons. The number of carbonyl (C=O) groups excluding carboxylic acids is 1. The van der Waals surface area contributed by atoms with E-state index < -0.39 is 0 Å². The second kappa shape index (κ2) is 6.34. The second-order valence-corrected chi connectivity index (χ2v) is 4.83. The Labute approximate surface area is 116 Å². The van der Waals surface area contributed by atoms with Crippen molar-refractivity contribution in [3.63, 3.8) is 0 Å². The quantitative estimate of drug-likeness (QED) is 0.465. The molecule has 0 aliphatic carbocycles. The molecule has 2 rings (SSSR count). The number of rotatable bonds is 4. The molecule has 0 N–H and O–H groups in total. The van der Waals surface area contributed by atoms with E-state index in [4.69, 9.17) is 0 Å². The summed E-state index contributed by atoms with van der Waals surface area (Å²) in [6, 6.07) is 13.7. The maximum Gasteiger partial charge on any atom is 0.185 e. The minimum atomic E-state index is -0.329. The Hall–Kier alpha value is -1.87. The van der Waals surface area contributed by atoms with Gasteiger partial charge in [-0.05, 0) is 48.7 Å². The summed E-state index contributed by atoms with van der Waals surface area (Å²) in [6.45, 7) is 0. The van der Waals surface area contributed by atoms with Crippen LogP contribution < -0.4 is 0 Å². The van der Waals surface area contributed by atoms with E-state index in [0.717, 1.165) is 4.90 Å². The van der Waals surface area contributed by atoms with Gasteiger partial charge >= 0.3 is 0 Å². The number of ketones is 1. The number of thioether (sulfide) groups is 1. The van der Waals surface area contributed by atoms with Crippen LogP contribution in [0.1, 0.15) is 15.9 Å². The van der Waals surface area contributed by atoms with Crippen LogP contribution in [0.3, 0.4) is 0 Å². The van der Waals surface area contributed by atoms with E-state index in [-0.39, 0.29) is 11.6 Å². The van der Waals surface area contributed by atoms with Gasteiger partial charge in [-0.1, -0.05) is 18.2 Å². The standard InChI is InChI=1S/C16H13FOS/c1-19-14-9-6-13(7-10-14)16(18)11-8-12-4-2-3-5-15(12)17/h2-11H,1H3/b11-8-. The summed E-state index contributed by atoms with van der Waals surface area (Å²) in [4.78, 5) is 13.0. The third kappa shape index (κ3) is 3.55. The van der Waals surface area contributed by atoms with Crippen molar-refractivity contribution >= 4 is 23.6 Å². The lowest BCUT2D eigenvalue weighted by Crippen LogP contribution is -1.93. The summed E-state index contributed by atoms with van der Waals surface area (Å²) in [5.41, 5.74) is 1.02. The molecule has 19 heavy (non-hydrogen) atoms. The van der Waals surface area contributed by atoms with E-state index in [1.54, 1.807) is 42.1 Å². The Morgan fingerprint density at radius 3 is 2.42 bits per heavy atom. The zero-order chi connectivity index (χ0) is 13.7. The van der Waals surface area contributed by atoms with E-state index in [0.29, 0.717) is 11.1 Å². The lowest BCUT2D eigenvalue weighted by molar-refractivity contribution is 0.104. The molecule has 1 nitrogen and oxygen atoms in total. The molecule has 0 bridgehead atoms. The fourth-order valence-corrected chi connectivity index (χ4v) is 2.04. The van der Waals surface area contributed by atoms with E-state index in [2.05, 4.69) is 0 Å². The first-order chi connectivity index (χ1) is 9.20. The molecular formula is C16H13FOS. The zero-order valence-corrected chi connectivity index (χ0v) is 11.3. The molecular weight excluding hydrogens is 259 g/mol. The van der Waals surface area contributed by atoms with Crippen LogP contribution in [0.4, 0.5) is 4.39 Å². The molecule has 0 heterocycles. The van der Waals surface area contributed by atoms with Crippen molar-refractivity contribution in [2.24, 2.45) is 0 Å². The summed E-state index contributed by atoms with van der Waals surface area (Å²) >= 11 is 1.62. The molecule has 0 aliphatic rings. The first kappa shape index (κ1) is 13.6. The van der Waals surface area contributed by atoms with Gasteiger partial charge in [0.1, 0.15) is 5.82 Å². The molecule has 0 amide bonds. The first-order valence-corrected chi connectivity index (χ1v) is 7.04. The van der Waals surface area contributed by atoms with Crippen LogP contribution in [-0.2, 0) is 0 Å². The lowest BCUT2D eigenvalue weighted by Gasteiger charge is -1.99. The molecule has 0 aliphatic heterocycles. The highest BCUT2D eigenvalue weighted by Gasteiger charge is 2.02. The highest BCUT2D eigenvalue weighted by Crippen LogP contribution is 2.16. The highest BCUT2D eigenvalue weighted by atomic mass is 32.2. The van der Waals surface area contributed by atoms with Gasteiger partial charge in [0.05, 0.1) is 0 Å². The summed E-state index contributed by atoms with van der Waals surface area (Å²) < 4.78 is 13.4. The molecule has 0 radical (unpaired) electrons. The van der Waals surface area contributed by atoms with Gasteiger partial charge in [-0.3, -0.25) is 4.79 Å². The molecule has 3 heteroatoms. The van der Waals surface area contributed by atoms with Gasteiger partial charge in [0.25, 0.3) is 0 Å².